The van der Waals surface area contributed by atoms with Crippen LogP contribution in [0.2, 0.25) is 0 Å². The van der Waals surface area contributed by atoms with Gasteiger partial charge in [-0.2, -0.15) is 4.68 Å². The molecule has 0 N–H and O–H groups in total. The van der Waals surface area contributed by atoms with Gasteiger partial charge in [-0.3, -0.25) is 4.79 Å². The minimum atomic E-state index is -0.0602. The average Bonchev–Trinajstić information content (AvgIpc) is 3.28. The van der Waals surface area contributed by atoms with Crippen LogP contribution in [0.25, 0.3) is 17.1 Å². The van der Waals surface area contributed by atoms with Crippen LogP contribution in [0.3, 0.4) is 0 Å². The van der Waals surface area contributed by atoms with Crippen molar-refractivity contribution in [1.29, 1.82) is 0 Å². The first-order chi connectivity index (χ1) is 13.8. The third-order valence-corrected chi connectivity index (χ3v) is 6.70. The second kappa shape index (κ2) is 7.72. The number of rotatable bonds is 4. The van der Waals surface area contributed by atoms with Gasteiger partial charge in [0.15, 0.2) is 11.0 Å². The van der Waals surface area contributed by atoms with Crippen LogP contribution < -0.4 is 5.56 Å². The summed E-state index contributed by atoms with van der Waals surface area (Å²) in [5.41, 5.74) is 2.51. The first-order valence-electron chi connectivity index (χ1n) is 10.1. The van der Waals surface area contributed by atoms with Crippen LogP contribution in [0.5, 0.6) is 0 Å². The van der Waals surface area contributed by atoms with Gasteiger partial charge in [-0.15, -0.1) is 5.10 Å². The van der Waals surface area contributed by atoms with E-state index in [0.29, 0.717) is 17.5 Å². The summed E-state index contributed by atoms with van der Waals surface area (Å²) >= 11 is 1.74. The van der Waals surface area contributed by atoms with E-state index in [9.17, 15) is 4.79 Å². The van der Waals surface area contributed by atoms with E-state index in [-0.39, 0.29) is 5.56 Å². The molecule has 5 rings (SSSR count). The van der Waals surface area contributed by atoms with Gasteiger partial charge in [0.05, 0.1) is 11.8 Å². The predicted octanol–water partition coefficient (Wildman–Crippen LogP) is 3.53. The van der Waals surface area contributed by atoms with Gasteiger partial charge in [-0.25, -0.2) is 4.98 Å². The highest BCUT2D eigenvalue weighted by Crippen LogP contribution is 2.31. The number of benzene rings is 1. The molecule has 0 unspecified atom stereocenters. The Kier molecular flexibility index (Phi) is 4.94. The first-order valence-corrected chi connectivity index (χ1v) is 11.1. The minimum absolute atomic E-state index is 0.0602. The van der Waals surface area contributed by atoms with Crippen LogP contribution in [0.15, 0.2) is 40.3 Å². The smallest absolute Gasteiger partial charge is 0.284 e. The zero-order valence-corrected chi connectivity index (χ0v) is 16.7. The Morgan fingerprint density at radius 1 is 1.14 bits per heavy atom. The highest BCUT2D eigenvalue weighted by Gasteiger charge is 2.27. The Labute approximate surface area is 168 Å². The van der Waals surface area contributed by atoms with E-state index in [1.54, 1.807) is 11.8 Å². The molecule has 4 heterocycles. The van der Waals surface area contributed by atoms with Gasteiger partial charge in [-0.1, -0.05) is 36.4 Å². The summed E-state index contributed by atoms with van der Waals surface area (Å²) in [6.45, 7) is 1.78. The van der Waals surface area contributed by atoms with E-state index in [1.807, 2.05) is 30.3 Å². The molecule has 1 aromatic rings. The van der Waals surface area contributed by atoms with Crippen molar-refractivity contribution in [2.24, 2.45) is 0 Å². The quantitative estimate of drug-likeness (QED) is 0.499. The van der Waals surface area contributed by atoms with Crippen molar-refractivity contribution in [3.8, 4) is 17.1 Å². The van der Waals surface area contributed by atoms with Crippen LogP contribution in [0.1, 0.15) is 37.8 Å². The number of para-hydroxylation sites is 1. The lowest BCUT2D eigenvalue weighted by Gasteiger charge is -2.18. The molecule has 1 aromatic carbocycles. The van der Waals surface area contributed by atoms with Crippen LogP contribution >= 0.6 is 11.8 Å². The summed E-state index contributed by atoms with van der Waals surface area (Å²) in [7, 11) is 0. The molecule has 4 aliphatic rings. The lowest BCUT2D eigenvalue weighted by atomic mass is 10.1. The molecule has 0 radical (unpaired) electrons. The Morgan fingerprint density at radius 3 is 2.86 bits per heavy atom. The molecule has 1 saturated heterocycles. The largest absolute Gasteiger partial charge is 0.377 e. The summed E-state index contributed by atoms with van der Waals surface area (Å²) < 4.78 is 9.55. The van der Waals surface area contributed by atoms with Crippen molar-refractivity contribution in [3.63, 3.8) is 0 Å². The molecular weight excluding hydrogens is 372 g/mol. The highest BCUT2D eigenvalue weighted by atomic mass is 32.2. The maximum absolute atomic E-state index is 13.2. The van der Waals surface area contributed by atoms with Crippen molar-refractivity contribution >= 4 is 11.8 Å². The van der Waals surface area contributed by atoms with Crippen LogP contribution in [0.4, 0.5) is 0 Å². The van der Waals surface area contributed by atoms with Crippen molar-refractivity contribution in [2.45, 2.75) is 56.3 Å². The minimum Gasteiger partial charge on any atom is -0.377 e. The van der Waals surface area contributed by atoms with Crippen molar-refractivity contribution in [2.75, 3.05) is 12.4 Å². The predicted molar refractivity (Wildman–Crippen MR) is 109 cm³/mol. The fourth-order valence-corrected chi connectivity index (χ4v) is 5.26. The third kappa shape index (κ3) is 3.26. The van der Waals surface area contributed by atoms with Crippen LogP contribution in [0, 0.1) is 0 Å². The molecule has 28 heavy (non-hydrogen) atoms. The molecule has 0 saturated carbocycles. The number of thioether (sulfide) groups is 1. The molecule has 0 amide bonds. The Balaban J connectivity index is 1.61. The summed E-state index contributed by atoms with van der Waals surface area (Å²) in [6.07, 6.45) is 6.88. The van der Waals surface area contributed by atoms with E-state index in [4.69, 9.17) is 9.72 Å². The number of aromatic nitrogens is 4. The van der Waals surface area contributed by atoms with Gasteiger partial charge in [0.25, 0.3) is 5.56 Å². The molecule has 146 valence electrons. The molecule has 0 bridgehead atoms. The molecule has 6 nitrogen and oxygen atoms in total. The fraction of sp³-hybridized carbons (Fsp3) is 0.476. The summed E-state index contributed by atoms with van der Waals surface area (Å²) in [5.74, 6) is 1.47. The van der Waals surface area contributed by atoms with Gasteiger partial charge in [0, 0.05) is 24.6 Å². The summed E-state index contributed by atoms with van der Waals surface area (Å²) in [6, 6.07) is 9.61. The monoisotopic (exact) mass is 396 g/mol. The maximum Gasteiger partial charge on any atom is 0.284 e. The summed E-state index contributed by atoms with van der Waals surface area (Å²) in [5, 5.41) is 5.57. The van der Waals surface area contributed by atoms with E-state index < -0.39 is 0 Å². The molecular formula is C21H24N4O2S. The normalized spacial score (nSPS) is 19.6. The Bertz CT molecular complexity index is 992. The Morgan fingerprint density at radius 2 is 2.04 bits per heavy atom. The molecule has 0 aromatic heterocycles. The molecule has 7 heteroatoms. The van der Waals surface area contributed by atoms with Gasteiger partial charge < -0.3 is 9.30 Å². The maximum atomic E-state index is 13.2. The highest BCUT2D eigenvalue weighted by molar-refractivity contribution is 7.99. The van der Waals surface area contributed by atoms with Crippen LogP contribution in [-0.4, -0.2) is 37.8 Å². The second-order valence-electron chi connectivity index (χ2n) is 7.50. The molecule has 1 fully saturated rings. The number of fused-ring (bicyclic) bond motifs is 3. The number of nitrogens with zero attached hydrogens (tertiary/aromatic N) is 4. The number of hydrogen-bond acceptors (Lipinski definition) is 5. The van der Waals surface area contributed by atoms with E-state index >= 15 is 0 Å². The lowest BCUT2D eigenvalue weighted by molar-refractivity contribution is 0.129. The molecule has 0 spiro atoms. The molecule has 1 atom stereocenters. The number of hydrogen-bond donors (Lipinski definition) is 0. The zero-order valence-electron chi connectivity index (χ0n) is 15.8. The van der Waals surface area contributed by atoms with Crippen molar-refractivity contribution in [1.82, 2.24) is 19.3 Å². The lowest BCUT2D eigenvalue weighted by Crippen LogP contribution is -2.19. The summed E-state index contributed by atoms with van der Waals surface area (Å²) in [4.78, 5) is 18.0. The fourth-order valence-electron chi connectivity index (χ4n) is 4.15. The van der Waals surface area contributed by atoms with Crippen LogP contribution in [-0.2, 0) is 17.7 Å². The van der Waals surface area contributed by atoms with Gasteiger partial charge >= 0.3 is 0 Å². The third-order valence-electron chi connectivity index (χ3n) is 5.59. The first kappa shape index (κ1) is 17.9. The van der Waals surface area contributed by atoms with Gasteiger partial charge in [-0.05, 0) is 44.2 Å². The SMILES string of the molecule is O=c1c2c3n(c(SC[C@@H]4CCCO4)nc-2nn1-c1ccccc1)CCCCC3. The topological polar surface area (TPSA) is 61.9 Å². The zero-order chi connectivity index (χ0) is 18.9. The van der Waals surface area contributed by atoms with Crippen molar-refractivity contribution in [3.05, 3.63) is 46.4 Å². The second-order valence-corrected chi connectivity index (χ2v) is 8.49. The number of ether oxygens (including phenoxy) is 1. The van der Waals surface area contributed by atoms with Gasteiger partial charge in [0.1, 0.15) is 5.56 Å². The standard InChI is InChI=1S/C21H24N4O2S/c26-20-18-17-11-5-2-6-12-24(17)21(28-14-16-10-7-13-27-16)22-19(18)23-25(20)15-8-3-1-4-9-15/h1,3-4,8-9,16H,2,5-7,10-14H2/t16-/m0/s1. The van der Waals surface area contributed by atoms with E-state index in [2.05, 4.69) is 9.67 Å². The van der Waals surface area contributed by atoms with Gasteiger partial charge in [0.2, 0.25) is 0 Å². The van der Waals surface area contributed by atoms with E-state index in [0.717, 1.165) is 67.5 Å². The Hall–Kier alpha value is -2.12. The van der Waals surface area contributed by atoms with E-state index in [1.165, 1.54) is 11.1 Å². The van der Waals surface area contributed by atoms with Crippen molar-refractivity contribution < 1.29 is 4.74 Å². The average molecular weight is 397 g/mol. The molecule has 4 aliphatic heterocycles. The molecule has 0 aliphatic carbocycles.